The van der Waals surface area contributed by atoms with Crippen LogP contribution >= 0.6 is 12.8 Å². The van der Waals surface area contributed by atoms with E-state index in [2.05, 4.69) is 99.8 Å². The molecule has 0 aromatic heterocycles. The molecule has 0 spiro atoms. The lowest BCUT2D eigenvalue weighted by Gasteiger charge is -2.30. The Kier molecular flexibility index (Phi) is 54.5. The first-order valence-electron chi connectivity index (χ1n) is 19.5. The van der Waals surface area contributed by atoms with Gasteiger partial charge in [-0.25, -0.2) is 4.40 Å². The molecule has 0 aromatic carbocycles. The van der Waals surface area contributed by atoms with E-state index in [1.165, 1.54) is 96.7 Å². The summed E-state index contributed by atoms with van der Waals surface area (Å²) in [4.78, 5) is 8.81. The summed E-state index contributed by atoms with van der Waals surface area (Å²) in [5, 5.41) is 8.39. The molecular formula is C40H84BN2O2S. The van der Waals surface area contributed by atoms with Crippen molar-refractivity contribution in [2.24, 2.45) is 10.3 Å². The topological polar surface area (TPSA) is 62.5 Å². The van der Waals surface area contributed by atoms with Crippen LogP contribution in [0.25, 0.3) is 0 Å². The fourth-order valence-corrected chi connectivity index (χ4v) is 4.60. The van der Waals surface area contributed by atoms with Crippen LogP contribution < -0.4 is 0 Å². The highest BCUT2D eigenvalue weighted by Crippen LogP contribution is 2.36. The quantitative estimate of drug-likeness (QED) is 0.0284. The molecule has 0 aromatic rings. The molecule has 46 heavy (non-hydrogen) atoms. The number of carbonyl (C=O) groups excluding carboxylic acids is 1. The van der Waals surface area contributed by atoms with Crippen molar-refractivity contribution in [1.82, 2.24) is 0 Å². The van der Waals surface area contributed by atoms with Crippen LogP contribution in [0.2, 0.25) is 11.6 Å². The number of nitrogens with one attached hydrogen (secondary N) is 1. The Hall–Kier alpha value is -1.04. The highest BCUT2D eigenvalue weighted by atomic mass is 32.1. The Labute approximate surface area is 297 Å². The lowest BCUT2D eigenvalue weighted by atomic mass is 9.47. The molecule has 0 rings (SSSR count). The summed E-state index contributed by atoms with van der Waals surface area (Å²) in [6.45, 7) is 28.5. The molecule has 0 aliphatic carbocycles. The van der Waals surface area contributed by atoms with Gasteiger partial charge in [0, 0.05) is 0 Å². The average Bonchev–Trinajstić information content (AvgIpc) is 3.06. The first kappa shape index (κ1) is 54.4. The average molecular weight is 668 g/mol. The minimum absolute atomic E-state index is 0.149. The maximum Gasteiger partial charge on any atom is 0.233 e. The van der Waals surface area contributed by atoms with Gasteiger partial charge in [0.25, 0.3) is 0 Å². The van der Waals surface area contributed by atoms with E-state index < -0.39 is 0 Å². The SMILES string of the molecule is CC.CC=O.CCC/C=C(CC)/C(=N/S)C(=N)OCCCCCC.CCCCCCCCCCC.CCC[B]C(C)(C)C(C)CC. The number of rotatable bonds is 23. The van der Waals surface area contributed by atoms with Crippen molar-refractivity contribution in [3.05, 3.63) is 11.6 Å². The third kappa shape index (κ3) is 41.0. The van der Waals surface area contributed by atoms with Crippen LogP contribution in [0, 0.1) is 11.3 Å². The number of thiol groups is 1. The summed E-state index contributed by atoms with van der Waals surface area (Å²) in [5.74, 6) is 0.963. The molecule has 0 aliphatic heterocycles. The molecule has 1 radical (unpaired) electrons. The molecule has 275 valence electrons. The van der Waals surface area contributed by atoms with Gasteiger partial charge in [0.05, 0.1) is 6.61 Å². The van der Waals surface area contributed by atoms with Crippen molar-refractivity contribution in [2.75, 3.05) is 6.61 Å². The lowest BCUT2D eigenvalue weighted by Crippen LogP contribution is -2.20. The normalized spacial score (nSPS) is 11.6. The number of aldehydes is 1. The Bertz CT molecular complexity index is 658. The van der Waals surface area contributed by atoms with Gasteiger partial charge in [-0.3, -0.25) is 5.41 Å². The van der Waals surface area contributed by atoms with Crippen LogP contribution in [0.5, 0.6) is 0 Å². The van der Waals surface area contributed by atoms with E-state index in [-0.39, 0.29) is 5.90 Å². The third-order valence-corrected chi connectivity index (χ3v) is 8.17. The van der Waals surface area contributed by atoms with Crippen molar-refractivity contribution < 1.29 is 9.53 Å². The van der Waals surface area contributed by atoms with Crippen molar-refractivity contribution in [2.45, 2.75) is 217 Å². The molecular weight excluding hydrogens is 583 g/mol. The molecule has 1 unspecified atom stereocenters. The van der Waals surface area contributed by atoms with E-state index in [1.807, 2.05) is 13.8 Å². The largest absolute Gasteiger partial charge is 0.477 e. The van der Waals surface area contributed by atoms with Crippen LogP contribution in [-0.2, 0) is 9.53 Å². The zero-order chi connectivity index (χ0) is 36.5. The van der Waals surface area contributed by atoms with Crippen molar-refractivity contribution in [3.63, 3.8) is 0 Å². The van der Waals surface area contributed by atoms with Gasteiger partial charge in [-0.05, 0) is 50.5 Å². The molecule has 0 saturated heterocycles. The molecule has 0 bridgehead atoms. The maximum absolute atomic E-state index is 8.81. The second kappa shape index (κ2) is 46.1. The van der Waals surface area contributed by atoms with Crippen LogP contribution in [-0.4, -0.2) is 31.8 Å². The molecule has 1 atom stereocenters. The molecule has 0 heterocycles. The fourth-order valence-electron chi connectivity index (χ4n) is 4.38. The van der Waals surface area contributed by atoms with Gasteiger partial charge in [-0.1, -0.05) is 197 Å². The zero-order valence-electron chi connectivity index (χ0n) is 33.7. The first-order chi connectivity index (χ1) is 22.1. The smallest absolute Gasteiger partial charge is 0.233 e. The number of unbranched alkanes of at least 4 members (excludes halogenated alkanes) is 12. The monoisotopic (exact) mass is 668 g/mol. The van der Waals surface area contributed by atoms with E-state index in [4.69, 9.17) is 14.9 Å². The van der Waals surface area contributed by atoms with Crippen LogP contribution in [0.4, 0.5) is 0 Å². The summed E-state index contributed by atoms with van der Waals surface area (Å²) in [5.41, 5.74) is 1.63. The third-order valence-electron chi connectivity index (χ3n) is 7.97. The van der Waals surface area contributed by atoms with E-state index in [0.29, 0.717) is 17.6 Å². The molecule has 4 nitrogen and oxygen atoms in total. The summed E-state index contributed by atoms with van der Waals surface area (Å²) in [6.07, 6.45) is 27.2. The van der Waals surface area contributed by atoms with Crippen molar-refractivity contribution in [3.8, 4) is 0 Å². The number of hydrogen-bond donors (Lipinski definition) is 2. The van der Waals surface area contributed by atoms with E-state index >= 15 is 0 Å². The summed E-state index contributed by atoms with van der Waals surface area (Å²) in [7, 11) is 2.47. The molecule has 1 N–H and O–H groups in total. The maximum atomic E-state index is 8.81. The first-order valence-corrected chi connectivity index (χ1v) is 19.9. The van der Waals surface area contributed by atoms with Gasteiger partial charge in [0.15, 0.2) is 0 Å². The summed E-state index contributed by atoms with van der Waals surface area (Å²) < 4.78 is 9.39. The number of ether oxygens (including phenoxy) is 1. The number of hydrogen-bond acceptors (Lipinski definition) is 5. The summed E-state index contributed by atoms with van der Waals surface area (Å²) in [6, 6.07) is 0. The fraction of sp³-hybridized carbons (Fsp3) is 0.875. The van der Waals surface area contributed by atoms with E-state index in [9.17, 15) is 0 Å². The molecule has 0 fully saturated rings. The standard InChI is InChI=1S/C15H28N2OS.C11H24.C10H22B.C2H4O.C2H6/c1-4-7-9-10-12-18-15(16)14(17-19)13(6-3)11-8-5-2;1-3-5-7-9-11-10-8-6-4-2;1-6-8-11-10(4,5)9(3)7-2;1-2-3;1-2/h11,16,19H,4-10,12H2,1-3H3;3-11H2,1-2H3;9H,6-8H2,1-5H3;2H,1H3;1-2H3/b13-11+,16-15?,17-14-;;;;. The van der Waals surface area contributed by atoms with Crippen molar-refractivity contribution >= 4 is 38.0 Å². The number of carbonyl (C=O) groups is 1. The number of nitrogens with zero attached hydrogens (tertiary/aromatic N) is 1. The Morgan fingerprint density at radius 1 is 0.804 bits per heavy atom. The Morgan fingerprint density at radius 2 is 1.24 bits per heavy atom. The van der Waals surface area contributed by atoms with Gasteiger partial charge in [-0.2, -0.15) is 0 Å². The van der Waals surface area contributed by atoms with Crippen LogP contribution in [0.3, 0.4) is 0 Å². The zero-order valence-corrected chi connectivity index (χ0v) is 34.6. The second-order valence-corrected chi connectivity index (χ2v) is 12.6. The second-order valence-electron chi connectivity index (χ2n) is 12.4. The minimum Gasteiger partial charge on any atom is -0.477 e. The molecule has 6 heteroatoms. The van der Waals surface area contributed by atoms with Gasteiger partial charge in [0.1, 0.15) is 19.3 Å². The molecule has 0 amide bonds. The van der Waals surface area contributed by atoms with Gasteiger partial charge in [0.2, 0.25) is 5.90 Å². The predicted molar refractivity (Wildman–Crippen MR) is 218 cm³/mol. The highest BCUT2D eigenvalue weighted by Gasteiger charge is 2.23. The Balaban J connectivity index is -0.000000179. The van der Waals surface area contributed by atoms with Gasteiger partial charge < -0.3 is 9.53 Å². The highest BCUT2D eigenvalue weighted by molar-refractivity contribution is 7.79. The molecule has 0 aliphatic rings. The van der Waals surface area contributed by atoms with Crippen LogP contribution in [0.1, 0.15) is 206 Å². The van der Waals surface area contributed by atoms with E-state index in [1.54, 1.807) is 0 Å². The molecule has 0 saturated carbocycles. The summed E-state index contributed by atoms with van der Waals surface area (Å²) >= 11 is 3.98. The van der Waals surface area contributed by atoms with Gasteiger partial charge >= 0.3 is 0 Å². The Morgan fingerprint density at radius 3 is 1.59 bits per heavy atom. The predicted octanol–water partition coefficient (Wildman–Crippen LogP) is 14.5. The van der Waals surface area contributed by atoms with Crippen LogP contribution in [0.15, 0.2) is 16.0 Å². The lowest BCUT2D eigenvalue weighted by molar-refractivity contribution is -0.106. The van der Waals surface area contributed by atoms with E-state index in [0.717, 1.165) is 49.9 Å². The minimum atomic E-state index is 0.149. The number of allylic oxidation sites excluding steroid dienone is 1. The van der Waals surface area contributed by atoms with Crippen molar-refractivity contribution in [1.29, 1.82) is 5.41 Å². The van der Waals surface area contributed by atoms with Gasteiger partial charge in [-0.15, -0.1) is 0 Å².